The van der Waals surface area contributed by atoms with Crippen molar-refractivity contribution in [3.05, 3.63) is 84.6 Å². The average molecular weight is 500 g/mol. The molecule has 37 heavy (non-hydrogen) atoms. The number of aryl methyl sites for hydroxylation is 1. The minimum atomic E-state index is -0.306. The Hall–Kier alpha value is -4.38. The van der Waals surface area contributed by atoms with Crippen molar-refractivity contribution < 1.29 is 9.50 Å². The summed E-state index contributed by atoms with van der Waals surface area (Å²) in [7, 11) is 1.90. The van der Waals surface area contributed by atoms with Gasteiger partial charge in [-0.2, -0.15) is 10.2 Å². The van der Waals surface area contributed by atoms with Crippen molar-refractivity contribution in [2.75, 3.05) is 42.6 Å². The van der Waals surface area contributed by atoms with Gasteiger partial charge in [0.15, 0.2) is 5.82 Å². The molecule has 1 saturated heterocycles. The summed E-state index contributed by atoms with van der Waals surface area (Å²) in [5.41, 5.74) is 4.64. The van der Waals surface area contributed by atoms with Gasteiger partial charge in [-0.05, 0) is 29.3 Å². The smallest absolute Gasteiger partial charge is 0.225 e. The van der Waals surface area contributed by atoms with E-state index >= 15 is 0 Å². The van der Waals surface area contributed by atoms with E-state index in [1.807, 2.05) is 30.2 Å². The van der Waals surface area contributed by atoms with Crippen LogP contribution in [0.2, 0.25) is 0 Å². The summed E-state index contributed by atoms with van der Waals surface area (Å²) < 4.78 is 16.9. The summed E-state index contributed by atoms with van der Waals surface area (Å²) in [5, 5.41) is 18.6. The molecule has 11 heteroatoms. The van der Waals surface area contributed by atoms with Crippen LogP contribution in [0.15, 0.2) is 67.6 Å². The Morgan fingerprint density at radius 2 is 1.59 bits per heavy atom. The number of anilines is 2. The molecule has 6 rings (SSSR count). The Morgan fingerprint density at radius 3 is 2.27 bits per heavy atom. The summed E-state index contributed by atoms with van der Waals surface area (Å²) in [5.74, 6) is 0.935. The van der Waals surface area contributed by atoms with Gasteiger partial charge in [-0.1, -0.05) is 12.1 Å². The van der Waals surface area contributed by atoms with Crippen molar-refractivity contribution in [1.29, 1.82) is 0 Å². The van der Waals surface area contributed by atoms with Crippen LogP contribution in [0.4, 0.5) is 16.2 Å². The monoisotopic (exact) mass is 499 g/mol. The number of aliphatic hydroxyl groups is 1. The lowest BCUT2D eigenvalue weighted by atomic mass is 9.94. The molecule has 1 fully saturated rings. The fraction of sp³-hybridized carbons (Fsp3) is 0.269. The fourth-order valence-electron chi connectivity index (χ4n) is 4.78. The van der Waals surface area contributed by atoms with Crippen molar-refractivity contribution in [1.82, 2.24) is 34.3 Å². The SMILES string of the molecule is Cn1cc(-c2cc3c(N4CCN(c5ncc(C(CO)c6ccc(F)cc6)cn5)CC4)ncnn3c2)cn1. The topological polar surface area (TPSA) is 100 Å². The highest BCUT2D eigenvalue weighted by atomic mass is 19.1. The van der Waals surface area contributed by atoms with Crippen LogP contribution in [0.25, 0.3) is 16.6 Å². The predicted octanol–water partition coefficient (Wildman–Crippen LogP) is 2.51. The number of hydrogen-bond donors (Lipinski definition) is 1. The Morgan fingerprint density at radius 1 is 0.865 bits per heavy atom. The maximum absolute atomic E-state index is 13.3. The number of rotatable bonds is 6. The number of nitrogens with zero attached hydrogens (tertiary/aromatic N) is 9. The lowest BCUT2D eigenvalue weighted by molar-refractivity contribution is 0.280. The average Bonchev–Trinajstić information content (AvgIpc) is 3.57. The second kappa shape index (κ2) is 9.58. The second-order valence-corrected chi connectivity index (χ2v) is 9.12. The summed E-state index contributed by atoms with van der Waals surface area (Å²) >= 11 is 0. The molecule has 5 aromatic rings. The standard InChI is InChI=1S/C26H26FN9O/c1-33-14-21(13-31-33)19-10-24-25(30-17-32-36(24)15-19)34-6-8-35(9-7-34)26-28-11-20(12-29-26)23(16-37)18-2-4-22(27)5-3-18/h2-5,10-15,17,23,37H,6-9,16H2,1H3. The third-order valence-electron chi connectivity index (χ3n) is 6.80. The van der Waals surface area contributed by atoms with Crippen molar-refractivity contribution in [3.63, 3.8) is 0 Å². The number of halogens is 1. The summed E-state index contributed by atoms with van der Waals surface area (Å²) in [4.78, 5) is 18.1. The van der Waals surface area contributed by atoms with Gasteiger partial charge in [-0.25, -0.2) is 23.9 Å². The number of fused-ring (bicyclic) bond motifs is 1. The minimum Gasteiger partial charge on any atom is -0.395 e. The molecule has 5 heterocycles. The fourth-order valence-corrected chi connectivity index (χ4v) is 4.78. The molecule has 1 unspecified atom stereocenters. The Kier molecular flexibility index (Phi) is 5.97. The predicted molar refractivity (Wildman–Crippen MR) is 137 cm³/mol. The molecule has 188 valence electrons. The number of aliphatic hydroxyl groups excluding tert-OH is 1. The summed E-state index contributed by atoms with van der Waals surface area (Å²) in [6.45, 7) is 2.91. The number of hydrogen-bond acceptors (Lipinski definition) is 8. The highest BCUT2D eigenvalue weighted by Gasteiger charge is 2.23. The van der Waals surface area contributed by atoms with Crippen LogP contribution in [-0.4, -0.2) is 72.2 Å². The zero-order valence-electron chi connectivity index (χ0n) is 20.3. The molecular formula is C26H26FN9O. The van der Waals surface area contributed by atoms with Crippen LogP contribution in [0.3, 0.4) is 0 Å². The quantitative estimate of drug-likeness (QED) is 0.381. The third kappa shape index (κ3) is 4.49. The van der Waals surface area contributed by atoms with Crippen LogP contribution in [-0.2, 0) is 7.05 Å². The Balaban J connectivity index is 1.16. The normalized spacial score (nSPS) is 14.9. The van der Waals surface area contributed by atoms with Crippen molar-refractivity contribution in [2.24, 2.45) is 7.05 Å². The minimum absolute atomic E-state index is 0.108. The molecular weight excluding hydrogens is 473 g/mol. The third-order valence-corrected chi connectivity index (χ3v) is 6.80. The van der Waals surface area contributed by atoms with E-state index in [2.05, 4.69) is 41.0 Å². The number of benzene rings is 1. The summed E-state index contributed by atoms with van der Waals surface area (Å²) in [6.07, 6.45) is 10.9. The second-order valence-electron chi connectivity index (χ2n) is 9.12. The lowest BCUT2D eigenvalue weighted by Crippen LogP contribution is -2.47. The maximum Gasteiger partial charge on any atom is 0.225 e. The van der Waals surface area contributed by atoms with Gasteiger partial charge < -0.3 is 14.9 Å². The number of piperazine rings is 1. The molecule has 1 N–H and O–H groups in total. The molecule has 1 aromatic carbocycles. The van der Waals surface area contributed by atoms with Crippen molar-refractivity contribution in [2.45, 2.75) is 5.92 Å². The largest absolute Gasteiger partial charge is 0.395 e. The molecule has 0 bridgehead atoms. The zero-order valence-corrected chi connectivity index (χ0v) is 20.3. The molecule has 4 aromatic heterocycles. The van der Waals surface area contributed by atoms with Gasteiger partial charge in [0.05, 0.1) is 12.8 Å². The van der Waals surface area contributed by atoms with Gasteiger partial charge in [0.25, 0.3) is 0 Å². The molecule has 0 aliphatic carbocycles. The highest BCUT2D eigenvalue weighted by molar-refractivity contribution is 5.77. The van der Waals surface area contributed by atoms with Gasteiger partial charge in [0.1, 0.15) is 17.7 Å². The van der Waals surface area contributed by atoms with Gasteiger partial charge in [-0.3, -0.25) is 4.68 Å². The first-order valence-electron chi connectivity index (χ1n) is 12.1. The molecule has 0 radical (unpaired) electrons. The molecule has 10 nitrogen and oxygen atoms in total. The Bertz CT molecular complexity index is 1510. The maximum atomic E-state index is 13.3. The van der Waals surface area contributed by atoms with Crippen molar-refractivity contribution in [3.8, 4) is 11.1 Å². The van der Waals surface area contributed by atoms with E-state index in [-0.39, 0.29) is 18.3 Å². The van der Waals surface area contributed by atoms with Crippen LogP contribution < -0.4 is 9.80 Å². The Labute approximate surface area is 212 Å². The van der Waals surface area contributed by atoms with Crippen LogP contribution in [0.1, 0.15) is 17.0 Å². The van der Waals surface area contributed by atoms with E-state index in [4.69, 9.17) is 0 Å². The van der Waals surface area contributed by atoms with Crippen molar-refractivity contribution >= 4 is 17.3 Å². The van der Waals surface area contributed by atoms with E-state index in [1.54, 1.807) is 35.5 Å². The molecule has 1 aliphatic rings. The van der Waals surface area contributed by atoms with E-state index in [1.165, 1.54) is 12.1 Å². The molecule has 0 amide bonds. The van der Waals surface area contributed by atoms with E-state index in [9.17, 15) is 9.50 Å². The molecule has 1 aliphatic heterocycles. The van der Waals surface area contributed by atoms with Crippen LogP contribution >= 0.6 is 0 Å². The first kappa shape index (κ1) is 23.0. The first-order chi connectivity index (χ1) is 18.1. The molecule has 0 saturated carbocycles. The van der Waals surface area contributed by atoms with E-state index < -0.39 is 0 Å². The lowest BCUT2D eigenvalue weighted by Gasteiger charge is -2.35. The van der Waals surface area contributed by atoms with Gasteiger partial charge in [-0.15, -0.1) is 0 Å². The van der Waals surface area contributed by atoms with Crippen LogP contribution in [0, 0.1) is 5.82 Å². The molecule has 1 atom stereocenters. The van der Waals surface area contributed by atoms with Gasteiger partial charge in [0, 0.05) is 75.1 Å². The molecule has 0 spiro atoms. The first-order valence-corrected chi connectivity index (χ1v) is 12.1. The van der Waals surface area contributed by atoms with E-state index in [0.29, 0.717) is 5.95 Å². The van der Waals surface area contributed by atoms with Gasteiger partial charge >= 0.3 is 0 Å². The zero-order chi connectivity index (χ0) is 25.4. The summed E-state index contributed by atoms with van der Waals surface area (Å²) in [6, 6.07) is 8.24. The van der Waals surface area contributed by atoms with Crippen LogP contribution in [0.5, 0.6) is 0 Å². The van der Waals surface area contributed by atoms with Gasteiger partial charge in [0.2, 0.25) is 5.95 Å². The number of aromatic nitrogens is 7. The van der Waals surface area contributed by atoms with E-state index in [0.717, 1.165) is 59.8 Å². The highest BCUT2D eigenvalue weighted by Crippen LogP contribution is 2.28.